The predicted molar refractivity (Wildman–Crippen MR) is 178 cm³/mol. The molecule has 0 saturated carbocycles. The van der Waals surface area contributed by atoms with Crippen LogP contribution in [0.15, 0.2) is 35.1 Å². The minimum Gasteiger partial charge on any atom is -0.482 e. The molecule has 3 aliphatic heterocycles. The molecule has 13 heteroatoms. The van der Waals surface area contributed by atoms with Crippen molar-refractivity contribution < 1.29 is 28.2 Å². The lowest BCUT2D eigenvalue weighted by atomic mass is 9.99. The number of nitrogens with one attached hydrogen (secondary N) is 2. The first-order valence-corrected chi connectivity index (χ1v) is 17.0. The number of β-amino-alcohol motifs (C(OH)–C–C–N with tert-alkyl or cyclic N) is 1. The van der Waals surface area contributed by atoms with Crippen molar-refractivity contribution in [1.82, 2.24) is 25.1 Å². The zero-order valence-corrected chi connectivity index (χ0v) is 27.8. The molecule has 6 rings (SSSR count). The van der Waals surface area contributed by atoms with Gasteiger partial charge in [0.05, 0.1) is 11.8 Å². The summed E-state index contributed by atoms with van der Waals surface area (Å²) in [6, 6.07) is 7.01. The fourth-order valence-corrected chi connectivity index (χ4v) is 6.72. The number of amides is 2. The molecule has 258 valence electrons. The second-order valence-corrected chi connectivity index (χ2v) is 13.1. The Hall–Kier alpha value is -4.23. The summed E-state index contributed by atoms with van der Waals surface area (Å²) >= 11 is 0. The van der Waals surface area contributed by atoms with Crippen molar-refractivity contribution in [2.24, 2.45) is 0 Å². The molecule has 5 heterocycles. The minimum atomic E-state index is -0.805. The van der Waals surface area contributed by atoms with Gasteiger partial charge in [-0.15, -0.1) is 0 Å². The number of pyridine rings is 1. The summed E-state index contributed by atoms with van der Waals surface area (Å²) in [5, 5.41) is 17.3. The SMILES string of the molecule is CC(=O)N1CCC(Nc2cc(C(=O)NCC(O)CN3CCc4cc(OCc5ocnc5C)c(F)cc4C3)cc(N3CCCCC3)n2)CC1. The first-order chi connectivity index (χ1) is 23.2. The van der Waals surface area contributed by atoms with E-state index < -0.39 is 11.9 Å². The van der Waals surface area contributed by atoms with E-state index in [-0.39, 0.29) is 36.8 Å². The van der Waals surface area contributed by atoms with E-state index in [0.717, 1.165) is 55.7 Å². The molecule has 2 amide bonds. The molecule has 1 aromatic carbocycles. The van der Waals surface area contributed by atoms with Crippen molar-refractivity contribution in [3.8, 4) is 5.75 Å². The van der Waals surface area contributed by atoms with Gasteiger partial charge in [-0.1, -0.05) is 0 Å². The number of aliphatic hydroxyl groups excluding tert-OH is 1. The number of nitrogens with zero attached hydrogens (tertiary/aromatic N) is 5. The van der Waals surface area contributed by atoms with Crippen LogP contribution in [0.4, 0.5) is 16.0 Å². The molecule has 1 atom stereocenters. The second-order valence-electron chi connectivity index (χ2n) is 13.1. The Balaban J connectivity index is 1.04. The van der Waals surface area contributed by atoms with E-state index in [0.29, 0.717) is 62.0 Å². The van der Waals surface area contributed by atoms with Gasteiger partial charge >= 0.3 is 0 Å². The Morgan fingerprint density at radius 3 is 2.60 bits per heavy atom. The molecule has 2 saturated heterocycles. The Kier molecular flexibility index (Phi) is 10.8. The zero-order chi connectivity index (χ0) is 33.6. The molecule has 0 spiro atoms. The Morgan fingerprint density at radius 2 is 1.88 bits per heavy atom. The maximum Gasteiger partial charge on any atom is 0.251 e. The van der Waals surface area contributed by atoms with Gasteiger partial charge in [-0.2, -0.15) is 0 Å². The molecule has 3 aromatic rings. The number of aryl methyl sites for hydroxylation is 1. The lowest BCUT2D eigenvalue weighted by Gasteiger charge is -2.32. The largest absolute Gasteiger partial charge is 0.482 e. The van der Waals surface area contributed by atoms with Gasteiger partial charge in [0, 0.05) is 70.9 Å². The van der Waals surface area contributed by atoms with E-state index in [9.17, 15) is 19.1 Å². The summed E-state index contributed by atoms with van der Waals surface area (Å²) in [6.45, 7) is 8.29. The standard InChI is InChI=1S/C35H46FN7O5/c1-23-32(48-22-38-23)21-47-31-15-25-6-11-41(19-27(25)14-30(31)36)20-29(45)18-37-35(46)26-16-33(39-28-7-12-42(13-8-28)24(2)44)40-34(17-26)43-9-4-3-5-10-43/h14-17,22,28-29,45H,3-13,18-21H2,1-2H3,(H,37,46)(H,39,40). The first-order valence-electron chi connectivity index (χ1n) is 17.0. The smallest absolute Gasteiger partial charge is 0.251 e. The average molecular weight is 664 g/mol. The van der Waals surface area contributed by atoms with Gasteiger partial charge in [-0.05, 0) is 80.8 Å². The van der Waals surface area contributed by atoms with Crippen LogP contribution < -0.4 is 20.3 Å². The Bertz CT molecular complexity index is 1590. The maximum absolute atomic E-state index is 14.9. The number of anilines is 2. The summed E-state index contributed by atoms with van der Waals surface area (Å²) in [6.07, 6.45) is 6.21. The number of carbonyl (C=O) groups excluding carboxylic acids is 2. The van der Waals surface area contributed by atoms with Crippen molar-refractivity contribution >= 4 is 23.5 Å². The number of ether oxygens (including phenoxy) is 1. The summed E-state index contributed by atoms with van der Waals surface area (Å²) in [5.74, 6) is 1.52. The van der Waals surface area contributed by atoms with E-state index in [2.05, 4.69) is 25.4 Å². The van der Waals surface area contributed by atoms with Crippen molar-refractivity contribution in [3.05, 3.63) is 64.6 Å². The molecule has 48 heavy (non-hydrogen) atoms. The summed E-state index contributed by atoms with van der Waals surface area (Å²) in [5.41, 5.74) is 3.06. The van der Waals surface area contributed by atoms with Crippen LogP contribution in [-0.4, -0.2) is 94.6 Å². The molecular weight excluding hydrogens is 617 g/mol. The topological polar surface area (TPSA) is 136 Å². The molecular formula is C35H46FN7O5. The number of aliphatic hydroxyl groups is 1. The zero-order valence-electron chi connectivity index (χ0n) is 27.8. The minimum absolute atomic E-state index is 0.0814. The van der Waals surface area contributed by atoms with Crippen LogP contribution in [0, 0.1) is 12.7 Å². The summed E-state index contributed by atoms with van der Waals surface area (Å²) < 4.78 is 25.9. The Morgan fingerprint density at radius 1 is 1.08 bits per heavy atom. The van der Waals surface area contributed by atoms with Crippen LogP contribution in [0.3, 0.4) is 0 Å². The highest BCUT2D eigenvalue weighted by molar-refractivity contribution is 5.95. The van der Waals surface area contributed by atoms with Crippen molar-refractivity contribution in [1.29, 1.82) is 0 Å². The van der Waals surface area contributed by atoms with E-state index >= 15 is 0 Å². The van der Waals surface area contributed by atoms with Crippen molar-refractivity contribution in [2.45, 2.75) is 77.7 Å². The van der Waals surface area contributed by atoms with E-state index in [1.807, 2.05) is 17.9 Å². The number of likely N-dealkylation sites (tertiary alicyclic amines) is 1. The van der Waals surface area contributed by atoms with Gasteiger partial charge in [-0.25, -0.2) is 14.4 Å². The molecule has 0 aliphatic carbocycles. The maximum atomic E-state index is 14.9. The van der Waals surface area contributed by atoms with Crippen LogP contribution in [-0.2, 0) is 24.4 Å². The highest BCUT2D eigenvalue weighted by Gasteiger charge is 2.24. The van der Waals surface area contributed by atoms with Gasteiger partial charge in [0.2, 0.25) is 5.91 Å². The Labute approximate surface area is 280 Å². The van der Waals surface area contributed by atoms with Crippen LogP contribution >= 0.6 is 0 Å². The number of piperidine rings is 2. The number of carbonyl (C=O) groups is 2. The van der Waals surface area contributed by atoms with Crippen LogP contribution in [0.25, 0.3) is 0 Å². The molecule has 1 unspecified atom stereocenters. The van der Waals surface area contributed by atoms with Crippen LogP contribution in [0.1, 0.15) is 72.0 Å². The third kappa shape index (κ3) is 8.43. The third-order valence-corrected chi connectivity index (χ3v) is 9.56. The average Bonchev–Trinajstić information content (AvgIpc) is 3.51. The highest BCUT2D eigenvalue weighted by Crippen LogP contribution is 2.28. The number of oxazole rings is 1. The lowest BCUT2D eigenvalue weighted by molar-refractivity contribution is -0.129. The molecule has 2 aromatic heterocycles. The van der Waals surface area contributed by atoms with Gasteiger partial charge in [-0.3, -0.25) is 14.5 Å². The van der Waals surface area contributed by atoms with Crippen molar-refractivity contribution in [2.75, 3.05) is 56.0 Å². The van der Waals surface area contributed by atoms with Gasteiger partial charge in [0.25, 0.3) is 5.91 Å². The third-order valence-electron chi connectivity index (χ3n) is 9.56. The number of halogens is 1. The molecule has 3 aliphatic rings. The molecule has 0 radical (unpaired) electrons. The number of benzene rings is 1. The summed E-state index contributed by atoms with van der Waals surface area (Å²) in [7, 11) is 0. The monoisotopic (exact) mass is 663 g/mol. The number of aromatic nitrogens is 2. The van der Waals surface area contributed by atoms with Gasteiger partial charge < -0.3 is 34.7 Å². The molecule has 3 N–H and O–H groups in total. The van der Waals surface area contributed by atoms with Crippen LogP contribution in [0.2, 0.25) is 0 Å². The van der Waals surface area contributed by atoms with E-state index in [1.54, 1.807) is 19.1 Å². The molecule has 12 nitrogen and oxygen atoms in total. The molecule has 2 fully saturated rings. The fraction of sp³-hybridized carbons (Fsp3) is 0.543. The second kappa shape index (κ2) is 15.3. The first kappa shape index (κ1) is 33.7. The van der Waals surface area contributed by atoms with E-state index in [4.69, 9.17) is 14.1 Å². The number of hydrogen-bond acceptors (Lipinski definition) is 10. The lowest BCUT2D eigenvalue weighted by Crippen LogP contribution is -2.42. The summed E-state index contributed by atoms with van der Waals surface area (Å²) in [4.78, 5) is 40.2. The van der Waals surface area contributed by atoms with E-state index in [1.165, 1.54) is 18.9 Å². The van der Waals surface area contributed by atoms with Crippen molar-refractivity contribution in [3.63, 3.8) is 0 Å². The van der Waals surface area contributed by atoms with Gasteiger partial charge in [0.15, 0.2) is 23.7 Å². The fourth-order valence-electron chi connectivity index (χ4n) is 6.72. The number of hydrogen-bond donors (Lipinski definition) is 3. The number of rotatable bonds is 11. The quantitative estimate of drug-likeness (QED) is 0.279. The van der Waals surface area contributed by atoms with Crippen LogP contribution in [0.5, 0.6) is 5.75 Å². The van der Waals surface area contributed by atoms with Gasteiger partial charge in [0.1, 0.15) is 18.2 Å². The highest BCUT2D eigenvalue weighted by atomic mass is 19.1. The number of fused-ring (bicyclic) bond motifs is 1. The normalized spacial score (nSPS) is 17.9. The molecule has 0 bridgehead atoms. The predicted octanol–water partition coefficient (Wildman–Crippen LogP) is 3.66.